The highest BCUT2D eigenvalue weighted by molar-refractivity contribution is 7.09. The lowest BCUT2D eigenvalue weighted by Gasteiger charge is -2.13. The number of imide groups is 1. The van der Waals surface area contributed by atoms with E-state index in [9.17, 15) is 14.4 Å². The minimum absolute atomic E-state index is 0.0784. The molecule has 2 aromatic rings. The molecular formula is C16H15N3O3S. The first kappa shape index (κ1) is 15.4. The molecular weight excluding hydrogens is 314 g/mol. The van der Waals surface area contributed by atoms with Gasteiger partial charge in [-0.3, -0.25) is 19.3 Å². The molecule has 0 unspecified atom stereocenters. The van der Waals surface area contributed by atoms with Crippen LogP contribution in [0.3, 0.4) is 0 Å². The molecule has 0 radical (unpaired) electrons. The molecule has 7 heteroatoms. The predicted molar refractivity (Wildman–Crippen MR) is 85.1 cm³/mol. The summed E-state index contributed by atoms with van der Waals surface area (Å²) in [5, 5.41) is 5.49. The third kappa shape index (κ3) is 3.14. The number of carbonyl (C=O) groups excluding carboxylic acids is 3. The molecule has 0 aliphatic carbocycles. The van der Waals surface area contributed by atoms with Crippen molar-refractivity contribution in [3.63, 3.8) is 0 Å². The largest absolute Gasteiger partial charge is 0.350 e. The van der Waals surface area contributed by atoms with Crippen LogP contribution in [-0.2, 0) is 11.3 Å². The lowest BCUT2D eigenvalue weighted by Crippen LogP contribution is -2.34. The maximum absolute atomic E-state index is 12.2. The zero-order valence-electron chi connectivity index (χ0n) is 12.5. The van der Waals surface area contributed by atoms with Crippen LogP contribution in [-0.4, -0.2) is 34.2 Å². The van der Waals surface area contributed by atoms with Crippen molar-refractivity contribution in [2.24, 2.45) is 0 Å². The molecule has 6 nitrogen and oxygen atoms in total. The van der Waals surface area contributed by atoms with E-state index in [-0.39, 0.29) is 30.7 Å². The SMILES string of the molecule is Cc1csc(CNC(=O)CCN2C(=O)c3ccccc3C2=O)n1. The Kier molecular flexibility index (Phi) is 4.20. The minimum Gasteiger partial charge on any atom is -0.350 e. The van der Waals surface area contributed by atoms with Crippen molar-refractivity contribution in [2.75, 3.05) is 6.54 Å². The number of hydrogen-bond donors (Lipinski definition) is 1. The van der Waals surface area contributed by atoms with Crippen LogP contribution in [0.15, 0.2) is 29.6 Å². The van der Waals surface area contributed by atoms with Crippen molar-refractivity contribution in [1.29, 1.82) is 0 Å². The summed E-state index contributed by atoms with van der Waals surface area (Å²) in [5.74, 6) is -0.891. The maximum atomic E-state index is 12.2. The van der Waals surface area contributed by atoms with Gasteiger partial charge in [0.25, 0.3) is 11.8 Å². The van der Waals surface area contributed by atoms with Crippen molar-refractivity contribution in [2.45, 2.75) is 19.9 Å². The normalized spacial score (nSPS) is 13.3. The number of hydrogen-bond acceptors (Lipinski definition) is 5. The summed E-state index contributed by atoms with van der Waals surface area (Å²) in [6.45, 7) is 2.33. The predicted octanol–water partition coefficient (Wildman–Crippen LogP) is 1.75. The summed E-state index contributed by atoms with van der Waals surface area (Å²) in [7, 11) is 0. The van der Waals surface area contributed by atoms with Crippen molar-refractivity contribution < 1.29 is 14.4 Å². The van der Waals surface area contributed by atoms with E-state index in [1.807, 2.05) is 12.3 Å². The van der Waals surface area contributed by atoms with Gasteiger partial charge in [0.2, 0.25) is 5.91 Å². The van der Waals surface area contributed by atoms with Gasteiger partial charge < -0.3 is 5.32 Å². The van der Waals surface area contributed by atoms with Gasteiger partial charge in [-0.15, -0.1) is 11.3 Å². The lowest BCUT2D eigenvalue weighted by molar-refractivity contribution is -0.121. The fraction of sp³-hybridized carbons (Fsp3) is 0.250. The molecule has 118 valence electrons. The Morgan fingerprint density at radius 1 is 1.22 bits per heavy atom. The molecule has 3 amide bonds. The highest BCUT2D eigenvalue weighted by atomic mass is 32.1. The fourth-order valence-corrected chi connectivity index (χ4v) is 3.11. The minimum atomic E-state index is -0.339. The van der Waals surface area contributed by atoms with Gasteiger partial charge in [0.05, 0.1) is 17.7 Å². The van der Waals surface area contributed by atoms with E-state index in [1.165, 1.54) is 11.3 Å². The van der Waals surface area contributed by atoms with Crippen LogP contribution in [0.4, 0.5) is 0 Å². The molecule has 0 bridgehead atoms. The first-order valence-electron chi connectivity index (χ1n) is 7.19. The van der Waals surface area contributed by atoms with Crippen LogP contribution < -0.4 is 5.32 Å². The number of thiazole rings is 1. The molecule has 0 saturated heterocycles. The maximum Gasteiger partial charge on any atom is 0.261 e. The monoisotopic (exact) mass is 329 g/mol. The van der Waals surface area contributed by atoms with Gasteiger partial charge in [0.15, 0.2) is 0 Å². The lowest BCUT2D eigenvalue weighted by atomic mass is 10.1. The Hall–Kier alpha value is -2.54. The summed E-state index contributed by atoms with van der Waals surface area (Å²) in [6.07, 6.45) is 0.0792. The summed E-state index contributed by atoms with van der Waals surface area (Å²) < 4.78 is 0. The van der Waals surface area contributed by atoms with E-state index in [1.54, 1.807) is 24.3 Å². The first-order chi connectivity index (χ1) is 11.1. The highest BCUT2D eigenvalue weighted by Gasteiger charge is 2.34. The molecule has 1 aromatic carbocycles. The van der Waals surface area contributed by atoms with E-state index < -0.39 is 0 Å². The zero-order valence-corrected chi connectivity index (χ0v) is 13.4. The van der Waals surface area contributed by atoms with Crippen LogP contribution in [0.2, 0.25) is 0 Å². The van der Waals surface area contributed by atoms with Gasteiger partial charge in [0.1, 0.15) is 5.01 Å². The average Bonchev–Trinajstić information content (AvgIpc) is 3.07. The van der Waals surface area contributed by atoms with E-state index in [0.717, 1.165) is 15.6 Å². The van der Waals surface area contributed by atoms with Gasteiger partial charge in [0, 0.05) is 24.0 Å². The summed E-state index contributed by atoms with van der Waals surface area (Å²) in [4.78, 5) is 41.6. The van der Waals surface area contributed by atoms with E-state index in [0.29, 0.717) is 17.7 Å². The number of carbonyl (C=O) groups is 3. The van der Waals surface area contributed by atoms with Gasteiger partial charge in [-0.25, -0.2) is 4.98 Å². The number of fused-ring (bicyclic) bond motifs is 1. The van der Waals surface area contributed by atoms with E-state index in [4.69, 9.17) is 0 Å². The number of aryl methyl sites for hydroxylation is 1. The summed E-state index contributed by atoms with van der Waals surface area (Å²) in [5.41, 5.74) is 1.72. The molecule has 1 aliphatic rings. The quantitative estimate of drug-likeness (QED) is 0.848. The van der Waals surface area contributed by atoms with Crippen LogP contribution in [0.1, 0.15) is 37.8 Å². The molecule has 1 aliphatic heterocycles. The molecule has 0 spiro atoms. The Morgan fingerprint density at radius 3 is 2.43 bits per heavy atom. The van der Waals surface area contributed by atoms with Crippen LogP contribution in [0.5, 0.6) is 0 Å². The van der Waals surface area contributed by atoms with Gasteiger partial charge >= 0.3 is 0 Å². The Balaban J connectivity index is 1.54. The highest BCUT2D eigenvalue weighted by Crippen LogP contribution is 2.22. The van der Waals surface area contributed by atoms with Crippen molar-refractivity contribution in [1.82, 2.24) is 15.2 Å². The zero-order chi connectivity index (χ0) is 16.4. The van der Waals surface area contributed by atoms with Crippen molar-refractivity contribution >= 4 is 29.1 Å². The molecule has 1 N–H and O–H groups in total. The number of amides is 3. The Bertz CT molecular complexity index is 749. The van der Waals surface area contributed by atoms with E-state index >= 15 is 0 Å². The number of aromatic nitrogens is 1. The van der Waals surface area contributed by atoms with Crippen LogP contribution >= 0.6 is 11.3 Å². The van der Waals surface area contributed by atoms with Crippen molar-refractivity contribution in [3.8, 4) is 0 Å². The fourth-order valence-electron chi connectivity index (χ4n) is 2.40. The third-order valence-electron chi connectivity index (χ3n) is 3.54. The molecule has 0 atom stereocenters. The smallest absolute Gasteiger partial charge is 0.261 e. The number of benzene rings is 1. The molecule has 23 heavy (non-hydrogen) atoms. The topological polar surface area (TPSA) is 79.4 Å². The Morgan fingerprint density at radius 2 is 1.87 bits per heavy atom. The van der Waals surface area contributed by atoms with Crippen LogP contribution in [0, 0.1) is 6.92 Å². The standard InChI is InChI=1S/C16H15N3O3S/c1-10-9-23-14(18-10)8-17-13(20)6-7-19-15(21)11-4-2-3-5-12(11)16(19)22/h2-5,9H,6-8H2,1H3,(H,17,20). The number of nitrogens with zero attached hydrogens (tertiary/aromatic N) is 2. The van der Waals surface area contributed by atoms with Gasteiger partial charge in [-0.05, 0) is 19.1 Å². The third-order valence-corrected chi connectivity index (χ3v) is 4.51. The molecule has 1 aromatic heterocycles. The number of nitrogens with one attached hydrogen (secondary N) is 1. The van der Waals surface area contributed by atoms with E-state index in [2.05, 4.69) is 10.3 Å². The Labute approximate surface area is 137 Å². The van der Waals surface area contributed by atoms with Gasteiger partial charge in [-0.2, -0.15) is 0 Å². The average molecular weight is 329 g/mol. The summed E-state index contributed by atoms with van der Waals surface area (Å²) in [6, 6.07) is 6.69. The van der Waals surface area contributed by atoms with Gasteiger partial charge in [-0.1, -0.05) is 12.1 Å². The summed E-state index contributed by atoms with van der Waals surface area (Å²) >= 11 is 1.48. The molecule has 0 saturated carbocycles. The molecule has 3 rings (SSSR count). The molecule has 0 fully saturated rings. The second-order valence-electron chi connectivity index (χ2n) is 5.22. The van der Waals surface area contributed by atoms with Crippen molar-refractivity contribution in [3.05, 3.63) is 51.5 Å². The first-order valence-corrected chi connectivity index (χ1v) is 8.07. The second kappa shape index (κ2) is 6.29. The molecule has 2 heterocycles. The number of rotatable bonds is 5. The van der Waals surface area contributed by atoms with Crippen LogP contribution in [0.25, 0.3) is 0 Å². The second-order valence-corrected chi connectivity index (χ2v) is 6.16.